The molecule has 1 aliphatic carbocycles. The summed E-state index contributed by atoms with van der Waals surface area (Å²) < 4.78 is 14.2. The number of rotatable bonds is 6. The molecule has 4 rings (SSSR count). The molecule has 7 nitrogen and oxygen atoms in total. The molecule has 0 saturated heterocycles. The van der Waals surface area contributed by atoms with Crippen LogP contribution < -0.4 is 11.1 Å². The molecule has 3 aromatic rings. The minimum absolute atomic E-state index is 0.150. The molecule has 0 aromatic carbocycles. The number of aromatic nitrogens is 4. The third kappa shape index (κ3) is 3.28. The fraction of sp³-hybridized carbons (Fsp3) is 0.250. The number of carbonyl (C=O) groups excluding carboxylic acids is 1. The monoisotopic (exact) mass is 378 g/mol. The van der Waals surface area contributed by atoms with E-state index in [2.05, 4.69) is 25.5 Å². The van der Waals surface area contributed by atoms with E-state index in [1.54, 1.807) is 36.5 Å². The second-order valence-electron chi connectivity index (χ2n) is 6.89. The standard InChI is InChI=1S/C20H19FN6O/c21-14-5-2-11-24-18(14)20(8-3-9-20)12-25-16-7-6-15(26-27-16)13-4-1-10-23-17(13)19(22)28/h1-2,4-7,10-11H,3,8-9,12H2,(H2,22,28)(H,25,27). The molecule has 8 heteroatoms. The summed E-state index contributed by atoms with van der Waals surface area (Å²) in [5.41, 5.74) is 6.72. The van der Waals surface area contributed by atoms with Gasteiger partial charge in [-0.1, -0.05) is 6.42 Å². The van der Waals surface area contributed by atoms with Gasteiger partial charge in [0.2, 0.25) is 0 Å². The van der Waals surface area contributed by atoms with Crippen LogP contribution >= 0.6 is 0 Å². The van der Waals surface area contributed by atoms with E-state index in [1.165, 1.54) is 12.3 Å². The predicted molar refractivity (Wildman–Crippen MR) is 102 cm³/mol. The summed E-state index contributed by atoms with van der Waals surface area (Å²) in [6, 6.07) is 9.98. The van der Waals surface area contributed by atoms with Crippen LogP contribution in [0.25, 0.3) is 11.3 Å². The first kappa shape index (κ1) is 18.0. The van der Waals surface area contributed by atoms with Crippen LogP contribution in [0.15, 0.2) is 48.8 Å². The minimum Gasteiger partial charge on any atom is -0.368 e. The SMILES string of the molecule is NC(=O)c1ncccc1-c1ccc(NCC2(c3ncccc3F)CCC2)nn1. The van der Waals surface area contributed by atoms with E-state index in [0.29, 0.717) is 29.3 Å². The second-order valence-corrected chi connectivity index (χ2v) is 6.89. The molecule has 0 bridgehead atoms. The van der Waals surface area contributed by atoms with Gasteiger partial charge in [-0.05, 0) is 49.2 Å². The molecule has 0 aliphatic heterocycles. The fourth-order valence-electron chi connectivity index (χ4n) is 3.52. The lowest BCUT2D eigenvalue weighted by atomic mass is 9.66. The largest absolute Gasteiger partial charge is 0.368 e. The number of pyridine rings is 2. The first-order valence-corrected chi connectivity index (χ1v) is 9.03. The Morgan fingerprint density at radius 1 is 1.11 bits per heavy atom. The molecular formula is C20H19FN6O. The Balaban J connectivity index is 1.51. The highest BCUT2D eigenvalue weighted by Gasteiger charge is 2.41. The van der Waals surface area contributed by atoms with Gasteiger partial charge < -0.3 is 11.1 Å². The highest BCUT2D eigenvalue weighted by Crippen LogP contribution is 2.43. The summed E-state index contributed by atoms with van der Waals surface area (Å²) in [6.07, 6.45) is 5.91. The van der Waals surface area contributed by atoms with E-state index in [1.807, 2.05) is 0 Å². The molecule has 28 heavy (non-hydrogen) atoms. The first-order valence-electron chi connectivity index (χ1n) is 9.03. The summed E-state index contributed by atoms with van der Waals surface area (Å²) in [4.78, 5) is 19.8. The summed E-state index contributed by atoms with van der Waals surface area (Å²) in [7, 11) is 0. The average Bonchev–Trinajstić information content (AvgIpc) is 2.69. The molecule has 0 radical (unpaired) electrons. The van der Waals surface area contributed by atoms with Gasteiger partial charge in [0.25, 0.3) is 5.91 Å². The quantitative estimate of drug-likeness (QED) is 0.683. The van der Waals surface area contributed by atoms with Gasteiger partial charge in [-0.25, -0.2) is 4.39 Å². The molecule has 0 unspecified atom stereocenters. The zero-order chi connectivity index (χ0) is 19.6. The minimum atomic E-state index is -0.621. The lowest BCUT2D eigenvalue weighted by Crippen LogP contribution is -2.42. The van der Waals surface area contributed by atoms with Gasteiger partial charge in [0.05, 0.1) is 11.4 Å². The highest BCUT2D eigenvalue weighted by atomic mass is 19.1. The van der Waals surface area contributed by atoms with Gasteiger partial charge in [-0.3, -0.25) is 14.8 Å². The molecule has 3 N–H and O–H groups in total. The van der Waals surface area contributed by atoms with Crippen molar-refractivity contribution in [1.29, 1.82) is 0 Å². The van der Waals surface area contributed by atoms with E-state index in [-0.39, 0.29) is 16.9 Å². The van der Waals surface area contributed by atoms with Crippen molar-refractivity contribution in [3.05, 3.63) is 66.0 Å². The van der Waals surface area contributed by atoms with Crippen LogP contribution in [-0.2, 0) is 5.41 Å². The molecule has 1 aliphatic rings. The summed E-state index contributed by atoms with van der Waals surface area (Å²) in [5.74, 6) is -0.333. The van der Waals surface area contributed by atoms with Crippen LogP contribution in [-0.4, -0.2) is 32.6 Å². The Morgan fingerprint density at radius 3 is 2.54 bits per heavy atom. The molecule has 3 aromatic heterocycles. The number of hydrogen-bond acceptors (Lipinski definition) is 6. The number of halogens is 1. The number of nitrogens with one attached hydrogen (secondary N) is 1. The lowest BCUT2D eigenvalue weighted by molar-refractivity contribution is 0.0996. The Kier molecular flexibility index (Phi) is 4.68. The van der Waals surface area contributed by atoms with Crippen molar-refractivity contribution in [2.75, 3.05) is 11.9 Å². The second kappa shape index (κ2) is 7.30. The number of nitrogens with two attached hydrogens (primary N) is 1. The molecule has 1 saturated carbocycles. The number of amides is 1. The van der Waals surface area contributed by atoms with Gasteiger partial charge in [0.1, 0.15) is 17.3 Å². The average molecular weight is 378 g/mol. The van der Waals surface area contributed by atoms with Gasteiger partial charge in [0.15, 0.2) is 0 Å². The first-order chi connectivity index (χ1) is 13.6. The van der Waals surface area contributed by atoms with Crippen LogP contribution in [0.3, 0.4) is 0 Å². The van der Waals surface area contributed by atoms with E-state index in [0.717, 1.165) is 19.3 Å². The van der Waals surface area contributed by atoms with Crippen molar-refractivity contribution in [3.63, 3.8) is 0 Å². The van der Waals surface area contributed by atoms with Crippen molar-refractivity contribution in [2.45, 2.75) is 24.7 Å². The van der Waals surface area contributed by atoms with E-state index >= 15 is 0 Å². The molecule has 0 atom stereocenters. The number of hydrogen-bond donors (Lipinski definition) is 2. The Bertz CT molecular complexity index is 1000. The van der Waals surface area contributed by atoms with Crippen LogP contribution in [0.1, 0.15) is 35.4 Å². The Morgan fingerprint density at radius 2 is 1.89 bits per heavy atom. The van der Waals surface area contributed by atoms with Gasteiger partial charge >= 0.3 is 0 Å². The number of primary amides is 1. The summed E-state index contributed by atoms with van der Waals surface area (Å²) in [6.45, 7) is 0.522. The van der Waals surface area contributed by atoms with E-state index in [4.69, 9.17) is 5.73 Å². The van der Waals surface area contributed by atoms with Crippen molar-refractivity contribution >= 4 is 11.7 Å². The topological polar surface area (TPSA) is 107 Å². The maximum Gasteiger partial charge on any atom is 0.268 e. The number of carbonyl (C=O) groups is 1. The van der Waals surface area contributed by atoms with Gasteiger partial charge in [0, 0.05) is 29.9 Å². The Hall–Kier alpha value is -3.42. The highest BCUT2D eigenvalue weighted by molar-refractivity contribution is 5.97. The van der Waals surface area contributed by atoms with Crippen LogP contribution in [0.2, 0.25) is 0 Å². The molecule has 0 spiro atoms. The molecule has 1 amide bonds. The predicted octanol–water partition coefficient (Wildman–Crippen LogP) is 2.71. The van der Waals surface area contributed by atoms with Crippen LogP contribution in [0.5, 0.6) is 0 Å². The van der Waals surface area contributed by atoms with E-state index < -0.39 is 5.91 Å². The molecule has 1 fully saturated rings. The third-order valence-corrected chi connectivity index (χ3v) is 5.16. The van der Waals surface area contributed by atoms with Gasteiger partial charge in [-0.15, -0.1) is 10.2 Å². The van der Waals surface area contributed by atoms with Crippen molar-refractivity contribution in [2.24, 2.45) is 5.73 Å². The third-order valence-electron chi connectivity index (χ3n) is 5.16. The summed E-state index contributed by atoms with van der Waals surface area (Å²) in [5, 5.41) is 11.6. The zero-order valence-corrected chi connectivity index (χ0v) is 15.1. The normalized spacial score (nSPS) is 14.9. The smallest absolute Gasteiger partial charge is 0.268 e. The van der Waals surface area contributed by atoms with Gasteiger partial charge in [-0.2, -0.15) is 0 Å². The number of anilines is 1. The zero-order valence-electron chi connectivity index (χ0n) is 15.1. The lowest BCUT2D eigenvalue weighted by Gasteiger charge is -2.41. The van der Waals surface area contributed by atoms with E-state index in [9.17, 15) is 9.18 Å². The van der Waals surface area contributed by atoms with Crippen molar-refractivity contribution in [1.82, 2.24) is 20.2 Å². The summed E-state index contributed by atoms with van der Waals surface area (Å²) >= 11 is 0. The Labute approximate surface area is 161 Å². The molecule has 3 heterocycles. The maximum absolute atomic E-state index is 14.2. The molecular weight excluding hydrogens is 359 g/mol. The van der Waals surface area contributed by atoms with Crippen molar-refractivity contribution < 1.29 is 9.18 Å². The van der Waals surface area contributed by atoms with Crippen LogP contribution in [0, 0.1) is 5.82 Å². The number of nitrogens with zero attached hydrogens (tertiary/aromatic N) is 4. The van der Waals surface area contributed by atoms with Crippen molar-refractivity contribution in [3.8, 4) is 11.3 Å². The fourth-order valence-corrected chi connectivity index (χ4v) is 3.52. The van der Waals surface area contributed by atoms with Crippen LogP contribution in [0.4, 0.5) is 10.2 Å². The maximum atomic E-state index is 14.2. The molecule has 142 valence electrons.